The second kappa shape index (κ2) is 8.75. The highest BCUT2D eigenvalue weighted by Crippen LogP contribution is 2.25. The first-order valence-electron chi connectivity index (χ1n) is 10.7. The van der Waals surface area contributed by atoms with Crippen molar-refractivity contribution in [2.45, 2.75) is 45.6 Å². The van der Waals surface area contributed by atoms with Crippen molar-refractivity contribution in [2.75, 3.05) is 0 Å². The van der Waals surface area contributed by atoms with Crippen LogP contribution in [0.25, 0.3) is 16.5 Å². The Morgan fingerprint density at radius 3 is 2.66 bits per heavy atom. The molecule has 2 aromatic carbocycles. The first kappa shape index (κ1) is 22.0. The Hall–Kier alpha value is -3.18. The molecule has 2 heterocycles. The molecule has 1 amide bonds. The van der Waals surface area contributed by atoms with Crippen LogP contribution in [0.4, 0.5) is 0 Å². The Morgan fingerprint density at radius 2 is 1.91 bits per heavy atom. The van der Waals surface area contributed by atoms with Crippen LogP contribution in [0.1, 0.15) is 50.6 Å². The maximum Gasteiger partial charge on any atom is 0.227 e. The fraction of sp³-hybridized carbons (Fsp3) is 0.269. The van der Waals surface area contributed by atoms with Crippen molar-refractivity contribution in [1.29, 1.82) is 0 Å². The Morgan fingerprint density at radius 1 is 1.09 bits per heavy atom. The van der Waals surface area contributed by atoms with E-state index in [-0.39, 0.29) is 17.2 Å². The van der Waals surface area contributed by atoms with Gasteiger partial charge in [0.15, 0.2) is 0 Å². The zero-order valence-corrected chi connectivity index (χ0v) is 19.5. The van der Waals surface area contributed by atoms with Crippen LogP contribution in [-0.4, -0.2) is 20.7 Å². The largest absolute Gasteiger partial charge is 0.350 e. The van der Waals surface area contributed by atoms with E-state index in [0.717, 1.165) is 33.4 Å². The molecular weight excluding hydrogens is 420 g/mol. The zero-order chi connectivity index (χ0) is 22.9. The Kier molecular flexibility index (Phi) is 6.02. The van der Waals surface area contributed by atoms with Crippen LogP contribution >= 0.6 is 11.6 Å². The van der Waals surface area contributed by atoms with Gasteiger partial charge in [-0.05, 0) is 54.3 Å². The number of hydrogen-bond donors (Lipinski definition) is 1. The number of carbonyl (C=O) groups is 1. The van der Waals surface area contributed by atoms with E-state index in [1.165, 1.54) is 0 Å². The number of nitrogens with one attached hydrogen (secondary N) is 1. The third kappa shape index (κ3) is 4.68. The van der Waals surface area contributed by atoms with Crippen LogP contribution in [0.2, 0.25) is 5.02 Å². The fourth-order valence-electron chi connectivity index (χ4n) is 3.60. The highest BCUT2D eigenvalue weighted by Gasteiger charge is 2.22. The number of halogens is 1. The van der Waals surface area contributed by atoms with Crippen molar-refractivity contribution < 1.29 is 4.79 Å². The molecule has 4 rings (SSSR count). The number of rotatable bonds is 5. The van der Waals surface area contributed by atoms with Gasteiger partial charge in [-0.15, -0.1) is 0 Å². The van der Waals surface area contributed by atoms with E-state index in [0.29, 0.717) is 11.6 Å². The van der Waals surface area contributed by atoms with E-state index in [1.54, 1.807) is 6.20 Å². The van der Waals surface area contributed by atoms with Crippen LogP contribution in [0.3, 0.4) is 0 Å². The molecule has 0 spiro atoms. The highest BCUT2D eigenvalue weighted by molar-refractivity contribution is 6.30. The Bertz CT molecular complexity index is 1270. The molecule has 1 atom stereocenters. The molecule has 1 N–H and O–H groups in total. The lowest BCUT2D eigenvalue weighted by Gasteiger charge is -2.14. The molecular formula is C26H27ClN4O. The number of carbonyl (C=O) groups excluding carboxylic acids is 1. The van der Waals surface area contributed by atoms with Gasteiger partial charge in [0.2, 0.25) is 5.91 Å². The minimum atomic E-state index is -0.288. The maximum absolute atomic E-state index is 13.0. The molecule has 0 saturated heterocycles. The third-order valence-electron chi connectivity index (χ3n) is 5.61. The Balaban J connectivity index is 1.56. The van der Waals surface area contributed by atoms with Crippen LogP contribution in [-0.2, 0) is 16.8 Å². The predicted octanol–water partition coefficient (Wildman–Crippen LogP) is 5.79. The van der Waals surface area contributed by atoms with Crippen LogP contribution < -0.4 is 5.32 Å². The molecule has 0 radical (unpaired) electrons. The summed E-state index contributed by atoms with van der Waals surface area (Å²) in [4.78, 5) is 17.2. The summed E-state index contributed by atoms with van der Waals surface area (Å²) in [5, 5.41) is 10.7. The molecule has 0 aliphatic rings. The van der Waals surface area contributed by atoms with Gasteiger partial charge in [0.25, 0.3) is 0 Å². The average molecular weight is 447 g/mol. The first-order valence-corrected chi connectivity index (χ1v) is 11.1. The van der Waals surface area contributed by atoms with E-state index < -0.39 is 0 Å². The standard InChI is InChI=1S/C26H27ClN4O/c1-17(19-9-8-18-10-11-28-15-20(18)12-19)25(32)29-16-23-14-24(26(2,3)4)30-31(23)22-7-5-6-21(27)13-22/h5-15,17H,16H2,1-4H3,(H,29,32). The Labute approximate surface area is 193 Å². The number of pyridine rings is 1. The topological polar surface area (TPSA) is 59.8 Å². The van der Waals surface area contributed by atoms with Gasteiger partial charge in [-0.25, -0.2) is 4.68 Å². The van der Waals surface area contributed by atoms with Crippen molar-refractivity contribution in [3.8, 4) is 5.69 Å². The van der Waals surface area contributed by atoms with Gasteiger partial charge in [0.1, 0.15) is 0 Å². The quantitative estimate of drug-likeness (QED) is 0.422. The monoisotopic (exact) mass is 446 g/mol. The van der Waals surface area contributed by atoms with E-state index in [2.05, 4.69) is 31.1 Å². The van der Waals surface area contributed by atoms with E-state index in [4.69, 9.17) is 16.7 Å². The second-order valence-corrected chi connectivity index (χ2v) is 9.52. The number of fused-ring (bicyclic) bond motifs is 1. The van der Waals surface area contributed by atoms with Crippen molar-refractivity contribution in [3.63, 3.8) is 0 Å². The normalized spacial score (nSPS) is 12.7. The van der Waals surface area contributed by atoms with Crippen molar-refractivity contribution in [3.05, 3.63) is 89.0 Å². The summed E-state index contributed by atoms with van der Waals surface area (Å²) < 4.78 is 1.86. The summed E-state index contributed by atoms with van der Waals surface area (Å²) in [7, 11) is 0. The SMILES string of the molecule is CC(C(=O)NCc1cc(C(C)(C)C)nn1-c1cccc(Cl)c1)c1ccc2ccncc2c1. The minimum Gasteiger partial charge on any atom is -0.350 e. The highest BCUT2D eigenvalue weighted by atomic mass is 35.5. The summed E-state index contributed by atoms with van der Waals surface area (Å²) in [6, 6.07) is 17.6. The summed E-state index contributed by atoms with van der Waals surface area (Å²) in [5.74, 6) is -0.325. The maximum atomic E-state index is 13.0. The number of benzene rings is 2. The second-order valence-electron chi connectivity index (χ2n) is 9.08. The number of amides is 1. The lowest BCUT2D eigenvalue weighted by molar-refractivity contribution is -0.122. The fourth-order valence-corrected chi connectivity index (χ4v) is 3.78. The lowest BCUT2D eigenvalue weighted by Crippen LogP contribution is -2.28. The summed E-state index contributed by atoms with van der Waals surface area (Å²) in [6.07, 6.45) is 3.59. The van der Waals surface area contributed by atoms with Crippen LogP contribution in [0.5, 0.6) is 0 Å². The number of aromatic nitrogens is 3. The van der Waals surface area contributed by atoms with E-state index in [1.807, 2.05) is 72.4 Å². The minimum absolute atomic E-state index is 0.0376. The molecule has 5 nitrogen and oxygen atoms in total. The number of hydrogen-bond acceptors (Lipinski definition) is 3. The molecule has 0 saturated carbocycles. The van der Waals surface area contributed by atoms with Crippen molar-refractivity contribution in [2.24, 2.45) is 0 Å². The molecule has 2 aromatic heterocycles. The molecule has 0 bridgehead atoms. The smallest absolute Gasteiger partial charge is 0.227 e. The summed E-state index contributed by atoms with van der Waals surface area (Å²) >= 11 is 6.21. The van der Waals surface area contributed by atoms with Crippen molar-refractivity contribution >= 4 is 28.3 Å². The molecule has 0 fully saturated rings. The molecule has 0 aliphatic heterocycles. The van der Waals surface area contributed by atoms with E-state index in [9.17, 15) is 4.79 Å². The molecule has 4 aromatic rings. The molecule has 0 aliphatic carbocycles. The van der Waals surface area contributed by atoms with Gasteiger partial charge >= 0.3 is 0 Å². The van der Waals surface area contributed by atoms with Gasteiger partial charge in [-0.3, -0.25) is 9.78 Å². The molecule has 32 heavy (non-hydrogen) atoms. The summed E-state index contributed by atoms with van der Waals surface area (Å²) in [6.45, 7) is 8.65. The average Bonchev–Trinajstić information content (AvgIpc) is 3.21. The van der Waals surface area contributed by atoms with Gasteiger partial charge in [-0.2, -0.15) is 5.10 Å². The van der Waals surface area contributed by atoms with Gasteiger partial charge < -0.3 is 5.32 Å². The van der Waals surface area contributed by atoms with Crippen molar-refractivity contribution in [1.82, 2.24) is 20.1 Å². The van der Waals surface area contributed by atoms with Crippen LogP contribution in [0, 0.1) is 0 Å². The van der Waals surface area contributed by atoms with Crippen LogP contribution in [0.15, 0.2) is 67.0 Å². The molecule has 6 heteroatoms. The number of nitrogens with zero attached hydrogens (tertiary/aromatic N) is 3. The molecule has 1 unspecified atom stereocenters. The van der Waals surface area contributed by atoms with E-state index >= 15 is 0 Å². The molecule has 164 valence electrons. The summed E-state index contributed by atoms with van der Waals surface area (Å²) in [5.41, 5.74) is 3.57. The predicted molar refractivity (Wildman–Crippen MR) is 129 cm³/mol. The van der Waals surface area contributed by atoms with Gasteiger partial charge in [0.05, 0.1) is 29.5 Å². The van der Waals surface area contributed by atoms with Gasteiger partial charge in [0, 0.05) is 28.2 Å². The zero-order valence-electron chi connectivity index (χ0n) is 18.8. The first-order chi connectivity index (χ1) is 15.2. The third-order valence-corrected chi connectivity index (χ3v) is 5.84. The lowest BCUT2D eigenvalue weighted by atomic mass is 9.92. The van der Waals surface area contributed by atoms with Gasteiger partial charge in [-0.1, -0.05) is 50.6 Å².